The topological polar surface area (TPSA) is 46.4 Å². The molecule has 1 saturated heterocycles. The summed E-state index contributed by atoms with van der Waals surface area (Å²) >= 11 is 1.96. The van der Waals surface area contributed by atoms with E-state index < -0.39 is 0 Å². The van der Waals surface area contributed by atoms with Gasteiger partial charge in [0, 0.05) is 41.9 Å². The summed E-state index contributed by atoms with van der Waals surface area (Å²) in [5.41, 5.74) is 2.04. The van der Waals surface area contributed by atoms with Crippen molar-refractivity contribution < 1.29 is 4.92 Å². The fourth-order valence-corrected chi connectivity index (χ4v) is 2.77. The number of anilines is 1. The molecule has 0 N–H and O–H groups in total. The lowest BCUT2D eigenvalue weighted by atomic mass is 10.1. The SMILES string of the molecule is CC.Cc1cc(N2CCSCC2)ccc1[N+](=O)[O-]. The zero-order chi connectivity index (χ0) is 13.5. The number of thioether (sulfide) groups is 1. The summed E-state index contributed by atoms with van der Waals surface area (Å²) in [7, 11) is 0. The Bertz CT molecular complexity index is 404. The molecule has 2 rings (SSSR count). The van der Waals surface area contributed by atoms with Crippen LogP contribution in [-0.4, -0.2) is 29.5 Å². The molecule has 0 atom stereocenters. The van der Waals surface area contributed by atoms with Crippen molar-refractivity contribution in [2.75, 3.05) is 29.5 Å². The summed E-state index contributed by atoms with van der Waals surface area (Å²) in [6.07, 6.45) is 0. The molecule has 18 heavy (non-hydrogen) atoms. The molecule has 0 bridgehead atoms. The van der Waals surface area contributed by atoms with E-state index in [1.165, 1.54) is 0 Å². The van der Waals surface area contributed by atoms with Crippen LogP contribution in [0, 0.1) is 17.0 Å². The van der Waals surface area contributed by atoms with Gasteiger partial charge in [-0.1, -0.05) is 13.8 Å². The standard InChI is InChI=1S/C11H14N2O2S.C2H6/c1-9-8-10(2-3-11(9)13(14)15)12-4-6-16-7-5-12;1-2/h2-3,8H,4-7H2,1H3;1-2H3. The van der Waals surface area contributed by atoms with E-state index in [0.717, 1.165) is 35.8 Å². The Balaban J connectivity index is 0.000000771. The van der Waals surface area contributed by atoms with Gasteiger partial charge in [0.05, 0.1) is 4.92 Å². The maximum atomic E-state index is 10.7. The lowest BCUT2D eigenvalue weighted by Gasteiger charge is -2.28. The van der Waals surface area contributed by atoms with Crippen molar-refractivity contribution in [3.05, 3.63) is 33.9 Å². The molecule has 100 valence electrons. The molecule has 1 aliphatic rings. The molecule has 1 aromatic carbocycles. The highest BCUT2D eigenvalue weighted by molar-refractivity contribution is 7.99. The van der Waals surface area contributed by atoms with Crippen LogP contribution in [0.4, 0.5) is 11.4 Å². The van der Waals surface area contributed by atoms with Crippen LogP contribution in [0.5, 0.6) is 0 Å². The van der Waals surface area contributed by atoms with Gasteiger partial charge in [0.1, 0.15) is 0 Å². The van der Waals surface area contributed by atoms with Gasteiger partial charge in [0.2, 0.25) is 0 Å². The number of benzene rings is 1. The molecular weight excluding hydrogens is 248 g/mol. The van der Waals surface area contributed by atoms with Gasteiger partial charge < -0.3 is 4.90 Å². The molecule has 5 heteroatoms. The van der Waals surface area contributed by atoms with Crippen molar-refractivity contribution >= 4 is 23.1 Å². The molecule has 0 aromatic heterocycles. The second kappa shape index (κ2) is 7.26. The maximum absolute atomic E-state index is 10.7. The van der Waals surface area contributed by atoms with E-state index in [9.17, 15) is 10.1 Å². The Labute approximate surface area is 113 Å². The van der Waals surface area contributed by atoms with Crippen LogP contribution < -0.4 is 4.90 Å². The predicted octanol–water partition coefficient (Wildman–Crippen LogP) is 3.48. The van der Waals surface area contributed by atoms with Crippen LogP contribution in [0.1, 0.15) is 19.4 Å². The molecule has 1 heterocycles. The highest BCUT2D eigenvalue weighted by atomic mass is 32.2. The first kappa shape index (κ1) is 14.8. The normalized spacial score (nSPS) is 14.7. The maximum Gasteiger partial charge on any atom is 0.272 e. The summed E-state index contributed by atoms with van der Waals surface area (Å²) < 4.78 is 0. The average molecular weight is 268 g/mol. The molecule has 4 nitrogen and oxygen atoms in total. The highest BCUT2D eigenvalue weighted by Gasteiger charge is 2.15. The summed E-state index contributed by atoms with van der Waals surface area (Å²) in [5.74, 6) is 2.27. The van der Waals surface area contributed by atoms with E-state index >= 15 is 0 Å². The van der Waals surface area contributed by atoms with Crippen molar-refractivity contribution in [2.24, 2.45) is 0 Å². The molecule has 0 radical (unpaired) electrons. The van der Waals surface area contributed by atoms with Crippen LogP contribution in [0.3, 0.4) is 0 Å². The van der Waals surface area contributed by atoms with Gasteiger partial charge in [-0.2, -0.15) is 11.8 Å². The van der Waals surface area contributed by atoms with Gasteiger partial charge in [-0.05, 0) is 19.1 Å². The third kappa shape index (κ3) is 3.63. The zero-order valence-electron chi connectivity index (χ0n) is 11.2. The van der Waals surface area contributed by atoms with Crippen molar-refractivity contribution in [1.29, 1.82) is 0 Å². The van der Waals surface area contributed by atoms with Crippen molar-refractivity contribution in [2.45, 2.75) is 20.8 Å². The van der Waals surface area contributed by atoms with Gasteiger partial charge in [-0.15, -0.1) is 0 Å². The minimum Gasteiger partial charge on any atom is -0.370 e. The molecule has 0 saturated carbocycles. The molecule has 1 aromatic rings. The predicted molar refractivity (Wildman–Crippen MR) is 78.7 cm³/mol. The van der Waals surface area contributed by atoms with Crippen LogP contribution in [-0.2, 0) is 0 Å². The Kier molecular flexibility index (Phi) is 5.98. The summed E-state index contributed by atoms with van der Waals surface area (Å²) in [6, 6.07) is 5.36. The molecule has 1 aliphatic heterocycles. The minimum atomic E-state index is -0.328. The number of nitro benzene ring substituents is 1. The number of nitrogens with zero attached hydrogens (tertiary/aromatic N) is 2. The molecule has 0 unspecified atom stereocenters. The third-order valence-corrected chi connectivity index (χ3v) is 3.70. The Morgan fingerprint density at radius 3 is 2.39 bits per heavy atom. The lowest BCUT2D eigenvalue weighted by molar-refractivity contribution is -0.385. The van der Waals surface area contributed by atoms with Gasteiger partial charge in [0.15, 0.2) is 0 Å². The quantitative estimate of drug-likeness (QED) is 0.608. The molecule has 0 aliphatic carbocycles. The molecule has 1 fully saturated rings. The summed E-state index contributed by atoms with van der Waals surface area (Å²) in [5, 5.41) is 10.7. The van der Waals surface area contributed by atoms with Crippen molar-refractivity contribution in [3.8, 4) is 0 Å². The summed E-state index contributed by atoms with van der Waals surface area (Å²) in [6.45, 7) is 7.85. The first-order valence-corrected chi connectivity index (χ1v) is 7.41. The van der Waals surface area contributed by atoms with E-state index in [1.54, 1.807) is 13.0 Å². The third-order valence-electron chi connectivity index (χ3n) is 2.75. The molecule has 0 amide bonds. The largest absolute Gasteiger partial charge is 0.370 e. The highest BCUT2D eigenvalue weighted by Crippen LogP contribution is 2.25. The number of aryl methyl sites for hydroxylation is 1. The number of hydrogen-bond donors (Lipinski definition) is 0. The first-order valence-electron chi connectivity index (χ1n) is 6.26. The van der Waals surface area contributed by atoms with Crippen LogP contribution in [0.15, 0.2) is 18.2 Å². The Morgan fingerprint density at radius 2 is 1.89 bits per heavy atom. The summed E-state index contributed by atoms with van der Waals surface area (Å²) in [4.78, 5) is 12.7. The Hall–Kier alpha value is -1.23. The van der Waals surface area contributed by atoms with Gasteiger partial charge in [-0.3, -0.25) is 10.1 Å². The monoisotopic (exact) mass is 268 g/mol. The fraction of sp³-hybridized carbons (Fsp3) is 0.538. The van der Waals surface area contributed by atoms with E-state index in [-0.39, 0.29) is 10.6 Å². The van der Waals surface area contributed by atoms with Gasteiger partial charge >= 0.3 is 0 Å². The van der Waals surface area contributed by atoms with Crippen LogP contribution in [0.2, 0.25) is 0 Å². The smallest absolute Gasteiger partial charge is 0.272 e. The van der Waals surface area contributed by atoms with Gasteiger partial charge in [0.25, 0.3) is 5.69 Å². The Morgan fingerprint density at radius 1 is 1.28 bits per heavy atom. The van der Waals surface area contributed by atoms with E-state index in [2.05, 4.69) is 4.90 Å². The molecular formula is C13H20N2O2S. The van der Waals surface area contributed by atoms with E-state index in [4.69, 9.17) is 0 Å². The van der Waals surface area contributed by atoms with Crippen molar-refractivity contribution in [1.82, 2.24) is 0 Å². The lowest BCUT2D eigenvalue weighted by Crippen LogP contribution is -2.32. The number of nitro groups is 1. The van der Waals surface area contributed by atoms with E-state index in [0.29, 0.717) is 0 Å². The average Bonchev–Trinajstić information content (AvgIpc) is 2.41. The van der Waals surface area contributed by atoms with Crippen molar-refractivity contribution in [3.63, 3.8) is 0 Å². The first-order chi connectivity index (χ1) is 8.68. The minimum absolute atomic E-state index is 0.204. The van der Waals surface area contributed by atoms with E-state index in [1.807, 2.05) is 37.7 Å². The fourth-order valence-electron chi connectivity index (χ4n) is 1.86. The van der Waals surface area contributed by atoms with Crippen LogP contribution >= 0.6 is 11.8 Å². The van der Waals surface area contributed by atoms with Gasteiger partial charge in [-0.25, -0.2) is 0 Å². The second-order valence-corrected chi connectivity index (χ2v) is 5.05. The number of hydrogen-bond acceptors (Lipinski definition) is 4. The molecule has 0 spiro atoms. The second-order valence-electron chi connectivity index (χ2n) is 3.83. The van der Waals surface area contributed by atoms with Crippen LogP contribution in [0.25, 0.3) is 0 Å². The zero-order valence-corrected chi connectivity index (χ0v) is 12.0. The number of rotatable bonds is 2.